The van der Waals surface area contributed by atoms with Crippen LogP contribution < -0.4 is 5.32 Å². The van der Waals surface area contributed by atoms with Crippen molar-refractivity contribution >= 4 is 22.9 Å². The first kappa shape index (κ1) is 15.2. The van der Waals surface area contributed by atoms with Gasteiger partial charge in [-0.3, -0.25) is 0 Å². The van der Waals surface area contributed by atoms with Crippen molar-refractivity contribution in [3.63, 3.8) is 0 Å². The monoisotopic (exact) mass is 334 g/mol. The predicted octanol–water partition coefficient (Wildman–Crippen LogP) is 3.84. The van der Waals surface area contributed by atoms with Crippen LogP contribution in [0.2, 0.25) is 5.02 Å². The van der Waals surface area contributed by atoms with Crippen LogP contribution in [0, 0.1) is 0 Å². The maximum atomic E-state index is 6.05. The van der Waals surface area contributed by atoms with Crippen molar-refractivity contribution in [2.75, 3.05) is 0 Å². The molecular weight excluding hydrogens is 318 g/mol. The van der Waals surface area contributed by atoms with Crippen LogP contribution in [-0.2, 0) is 0 Å². The first-order chi connectivity index (χ1) is 10.6. The molecular formula is C16H17ClN3OS+. The summed E-state index contributed by atoms with van der Waals surface area (Å²) in [6.07, 6.45) is 0. The van der Waals surface area contributed by atoms with Gasteiger partial charge in [-0.05, 0) is 37.4 Å². The fourth-order valence-corrected chi connectivity index (χ4v) is 3.18. The molecule has 0 aliphatic rings. The van der Waals surface area contributed by atoms with Gasteiger partial charge in [0.25, 0.3) is 11.8 Å². The Morgan fingerprint density at radius 3 is 2.73 bits per heavy atom. The van der Waals surface area contributed by atoms with E-state index in [-0.39, 0.29) is 12.1 Å². The fourth-order valence-electron chi connectivity index (χ4n) is 2.33. The SMILES string of the molecule is C[C@H]([NH2+][C@H](C)c1nnc(-c2cccs2)o1)c1cccc(Cl)c1. The van der Waals surface area contributed by atoms with Crippen LogP contribution in [0.15, 0.2) is 46.2 Å². The number of benzene rings is 1. The fraction of sp³-hybridized carbons (Fsp3) is 0.250. The van der Waals surface area contributed by atoms with E-state index in [2.05, 4.69) is 35.4 Å². The average Bonchev–Trinajstić information content (AvgIpc) is 3.18. The number of aromatic nitrogens is 2. The Labute approximate surface area is 138 Å². The van der Waals surface area contributed by atoms with Crippen LogP contribution in [0.3, 0.4) is 0 Å². The van der Waals surface area contributed by atoms with Gasteiger partial charge >= 0.3 is 0 Å². The lowest BCUT2D eigenvalue weighted by Crippen LogP contribution is -2.85. The molecule has 2 atom stereocenters. The number of hydrogen-bond acceptors (Lipinski definition) is 4. The highest BCUT2D eigenvalue weighted by Gasteiger charge is 2.21. The summed E-state index contributed by atoms with van der Waals surface area (Å²) in [5.41, 5.74) is 1.18. The summed E-state index contributed by atoms with van der Waals surface area (Å²) in [7, 11) is 0. The second kappa shape index (κ2) is 6.60. The van der Waals surface area contributed by atoms with Gasteiger partial charge in [-0.25, -0.2) is 0 Å². The molecule has 22 heavy (non-hydrogen) atoms. The van der Waals surface area contributed by atoms with E-state index in [1.807, 2.05) is 35.7 Å². The predicted molar refractivity (Wildman–Crippen MR) is 87.8 cm³/mol. The number of hydrogen-bond donors (Lipinski definition) is 1. The molecule has 0 aliphatic heterocycles. The lowest BCUT2D eigenvalue weighted by molar-refractivity contribution is -0.730. The van der Waals surface area contributed by atoms with E-state index in [1.54, 1.807) is 11.3 Å². The number of thiophene rings is 1. The van der Waals surface area contributed by atoms with Crippen LogP contribution in [-0.4, -0.2) is 10.2 Å². The van der Waals surface area contributed by atoms with Gasteiger partial charge in [0.2, 0.25) is 0 Å². The molecule has 0 saturated heterocycles. The largest absolute Gasteiger partial charge is 0.414 e. The number of quaternary nitrogens is 1. The Morgan fingerprint density at radius 1 is 1.14 bits per heavy atom. The zero-order valence-corrected chi connectivity index (χ0v) is 13.9. The molecule has 3 rings (SSSR count). The number of nitrogens with zero attached hydrogens (tertiary/aromatic N) is 2. The van der Waals surface area contributed by atoms with E-state index in [0.29, 0.717) is 11.8 Å². The average molecular weight is 335 g/mol. The molecule has 0 bridgehead atoms. The summed E-state index contributed by atoms with van der Waals surface area (Å²) < 4.78 is 5.78. The van der Waals surface area contributed by atoms with E-state index in [9.17, 15) is 0 Å². The minimum absolute atomic E-state index is 0.0789. The zero-order chi connectivity index (χ0) is 15.5. The number of halogens is 1. The lowest BCUT2D eigenvalue weighted by atomic mass is 10.1. The van der Waals surface area contributed by atoms with Crippen LogP contribution >= 0.6 is 22.9 Å². The zero-order valence-electron chi connectivity index (χ0n) is 12.4. The maximum Gasteiger partial charge on any atom is 0.274 e. The Morgan fingerprint density at radius 2 is 2.00 bits per heavy atom. The first-order valence-electron chi connectivity index (χ1n) is 7.11. The normalized spacial score (nSPS) is 14.0. The van der Waals surface area contributed by atoms with Crippen LogP contribution in [0.1, 0.15) is 37.4 Å². The Hall–Kier alpha value is -1.69. The highest BCUT2D eigenvalue weighted by atomic mass is 35.5. The van der Waals surface area contributed by atoms with Crippen LogP contribution in [0.4, 0.5) is 0 Å². The molecule has 0 unspecified atom stereocenters. The molecule has 0 aliphatic carbocycles. The molecule has 6 heteroatoms. The second-order valence-electron chi connectivity index (χ2n) is 5.25. The van der Waals surface area contributed by atoms with Crippen molar-refractivity contribution < 1.29 is 9.73 Å². The molecule has 2 aromatic heterocycles. The molecule has 0 amide bonds. The standard InChI is InChI=1S/C16H16ClN3OS/c1-10(12-5-3-6-13(17)9-12)18-11(2)15-19-20-16(21-15)14-7-4-8-22-14/h3-11,18H,1-2H3/p+1/t10-,11+/m0/s1. The maximum absolute atomic E-state index is 6.05. The second-order valence-corrected chi connectivity index (χ2v) is 6.63. The molecule has 0 fully saturated rings. The van der Waals surface area contributed by atoms with Crippen molar-refractivity contribution in [2.45, 2.75) is 25.9 Å². The van der Waals surface area contributed by atoms with Crippen molar-refractivity contribution in [2.24, 2.45) is 0 Å². The summed E-state index contributed by atoms with van der Waals surface area (Å²) in [6, 6.07) is 12.2. The number of nitrogens with two attached hydrogens (primary N) is 1. The van der Waals surface area contributed by atoms with Gasteiger partial charge in [0.15, 0.2) is 6.04 Å². The van der Waals surface area contributed by atoms with E-state index in [4.69, 9.17) is 16.0 Å². The summed E-state index contributed by atoms with van der Waals surface area (Å²) in [6.45, 7) is 4.20. The van der Waals surface area contributed by atoms with Gasteiger partial charge in [0.1, 0.15) is 6.04 Å². The van der Waals surface area contributed by atoms with E-state index in [1.165, 1.54) is 5.56 Å². The minimum Gasteiger partial charge on any atom is -0.414 e. The third kappa shape index (κ3) is 3.38. The van der Waals surface area contributed by atoms with Crippen molar-refractivity contribution in [3.05, 3.63) is 58.3 Å². The van der Waals surface area contributed by atoms with Gasteiger partial charge in [-0.2, -0.15) is 0 Å². The Kier molecular flexibility index (Phi) is 4.57. The summed E-state index contributed by atoms with van der Waals surface area (Å²) in [4.78, 5) is 0.994. The number of rotatable bonds is 5. The van der Waals surface area contributed by atoms with Gasteiger partial charge in [-0.15, -0.1) is 21.5 Å². The molecule has 114 valence electrons. The highest BCUT2D eigenvalue weighted by molar-refractivity contribution is 7.13. The van der Waals surface area contributed by atoms with Crippen LogP contribution in [0.25, 0.3) is 10.8 Å². The highest BCUT2D eigenvalue weighted by Crippen LogP contribution is 2.24. The topological polar surface area (TPSA) is 55.5 Å². The van der Waals surface area contributed by atoms with E-state index in [0.717, 1.165) is 9.90 Å². The summed E-state index contributed by atoms with van der Waals surface area (Å²) in [5.74, 6) is 1.22. The molecule has 2 heterocycles. The van der Waals surface area contributed by atoms with Gasteiger partial charge in [-0.1, -0.05) is 29.8 Å². The third-order valence-corrected chi connectivity index (χ3v) is 4.61. The summed E-state index contributed by atoms with van der Waals surface area (Å²) >= 11 is 7.64. The Bertz CT molecular complexity index is 741. The van der Waals surface area contributed by atoms with Crippen molar-refractivity contribution in [1.29, 1.82) is 0 Å². The third-order valence-electron chi connectivity index (χ3n) is 3.51. The Balaban J connectivity index is 1.70. The lowest BCUT2D eigenvalue weighted by Gasteiger charge is -2.14. The van der Waals surface area contributed by atoms with Gasteiger partial charge in [0, 0.05) is 10.6 Å². The quantitative estimate of drug-likeness (QED) is 0.771. The molecule has 0 radical (unpaired) electrons. The van der Waals surface area contributed by atoms with E-state index >= 15 is 0 Å². The van der Waals surface area contributed by atoms with Crippen molar-refractivity contribution in [3.8, 4) is 10.8 Å². The summed E-state index contributed by atoms with van der Waals surface area (Å²) in [5, 5.41) is 13.2. The van der Waals surface area contributed by atoms with E-state index < -0.39 is 0 Å². The molecule has 0 saturated carbocycles. The molecule has 2 N–H and O–H groups in total. The molecule has 0 spiro atoms. The van der Waals surface area contributed by atoms with Crippen molar-refractivity contribution in [1.82, 2.24) is 10.2 Å². The first-order valence-corrected chi connectivity index (χ1v) is 8.37. The van der Waals surface area contributed by atoms with Gasteiger partial charge < -0.3 is 9.73 Å². The minimum atomic E-state index is 0.0789. The molecule has 3 aromatic rings. The molecule has 1 aromatic carbocycles. The van der Waals surface area contributed by atoms with Crippen LogP contribution in [0.5, 0.6) is 0 Å². The smallest absolute Gasteiger partial charge is 0.274 e. The molecule has 4 nitrogen and oxygen atoms in total. The van der Waals surface area contributed by atoms with Gasteiger partial charge in [0.05, 0.1) is 4.88 Å².